The maximum Gasteiger partial charge on any atom is 0.416 e. The molecule has 0 bridgehead atoms. The Bertz CT molecular complexity index is 1430. The van der Waals surface area contributed by atoms with Gasteiger partial charge in [0.05, 0.1) is 22.6 Å². The number of carbonyl (C=O) groups is 1. The number of benzene rings is 1. The molecular formula is C27H23F3N6O. The van der Waals surface area contributed by atoms with Crippen molar-refractivity contribution in [1.29, 1.82) is 0 Å². The lowest BCUT2D eigenvalue weighted by Crippen LogP contribution is -2.42. The van der Waals surface area contributed by atoms with Crippen molar-refractivity contribution in [3.63, 3.8) is 0 Å². The molecule has 0 radical (unpaired) electrons. The lowest BCUT2D eigenvalue weighted by molar-refractivity contribution is -0.137. The summed E-state index contributed by atoms with van der Waals surface area (Å²) in [6, 6.07) is 16.7. The van der Waals surface area contributed by atoms with E-state index in [1.165, 1.54) is 11.0 Å². The number of nitrogens with one attached hydrogen (secondary N) is 2. The second-order valence-corrected chi connectivity index (χ2v) is 8.66. The highest BCUT2D eigenvalue weighted by Gasteiger charge is 2.31. The molecule has 0 spiro atoms. The van der Waals surface area contributed by atoms with Gasteiger partial charge in [-0.1, -0.05) is 18.2 Å². The highest BCUT2D eigenvalue weighted by atomic mass is 19.4. The normalized spacial score (nSPS) is 15.4. The molecule has 0 saturated heterocycles. The molecule has 1 aliphatic rings. The van der Waals surface area contributed by atoms with Gasteiger partial charge in [-0.25, -0.2) is 14.8 Å². The van der Waals surface area contributed by atoms with E-state index in [0.29, 0.717) is 47.2 Å². The zero-order chi connectivity index (χ0) is 26.0. The molecule has 0 fully saturated rings. The van der Waals surface area contributed by atoms with E-state index in [0.717, 1.165) is 17.7 Å². The highest BCUT2D eigenvalue weighted by molar-refractivity contribution is 6.03. The van der Waals surface area contributed by atoms with Crippen LogP contribution in [0.1, 0.15) is 18.9 Å². The number of urea groups is 1. The minimum atomic E-state index is -4.47. The van der Waals surface area contributed by atoms with Crippen LogP contribution in [0.5, 0.6) is 0 Å². The molecule has 1 aliphatic heterocycles. The average molecular weight is 505 g/mol. The minimum absolute atomic E-state index is 0.237. The topological polar surface area (TPSA) is 83.0 Å². The van der Waals surface area contributed by atoms with Gasteiger partial charge in [0.15, 0.2) is 5.82 Å². The number of hydrogen-bond acceptors (Lipinski definition) is 5. The Morgan fingerprint density at radius 1 is 1.00 bits per heavy atom. The number of aromatic nitrogens is 3. The van der Waals surface area contributed by atoms with Crippen LogP contribution in [0.2, 0.25) is 0 Å². The highest BCUT2D eigenvalue weighted by Crippen LogP contribution is 2.35. The largest absolute Gasteiger partial charge is 0.416 e. The first kappa shape index (κ1) is 24.2. The van der Waals surface area contributed by atoms with Gasteiger partial charge in [0, 0.05) is 36.1 Å². The fourth-order valence-electron chi connectivity index (χ4n) is 4.18. The predicted molar refractivity (Wildman–Crippen MR) is 136 cm³/mol. The van der Waals surface area contributed by atoms with Crippen molar-refractivity contribution in [1.82, 2.24) is 15.0 Å². The number of nitrogens with zero attached hydrogens (tertiary/aromatic N) is 4. The zero-order valence-corrected chi connectivity index (χ0v) is 19.8. The molecule has 0 aliphatic carbocycles. The standard InChI is InChI=1S/C27H23F3N6O/c1-17-12-14-32-23-11-10-22(18-5-2-7-20(15-18)27(28,29)30)34-25(23)36(17)26(37)35-24-9-3-8-21(33-24)19-6-4-13-31-16-19/h2-11,13,15-17,32H,12,14H2,1H3,(H,33,35,37)/t17-/m1/s1. The Kier molecular flexibility index (Phi) is 6.47. The summed E-state index contributed by atoms with van der Waals surface area (Å²) in [6.45, 7) is 2.51. The van der Waals surface area contributed by atoms with Crippen LogP contribution in [0.15, 0.2) is 79.1 Å². The Balaban J connectivity index is 1.48. The number of halogens is 3. The summed E-state index contributed by atoms with van der Waals surface area (Å²) in [5.74, 6) is 0.687. The van der Waals surface area contributed by atoms with Gasteiger partial charge in [0.1, 0.15) is 5.82 Å². The summed E-state index contributed by atoms with van der Waals surface area (Å²) in [4.78, 5) is 28.3. The van der Waals surface area contributed by atoms with Crippen LogP contribution in [0.25, 0.3) is 22.5 Å². The van der Waals surface area contributed by atoms with E-state index in [2.05, 4.69) is 25.6 Å². The van der Waals surface area contributed by atoms with Crippen LogP contribution >= 0.6 is 0 Å². The number of fused-ring (bicyclic) bond motifs is 1. The van der Waals surface area contributed by atoms with Gasteiger partial charge in [0.25, 0.3) is 0 Å². The van der Waals surface area contributed by atoms with Crippen LogP contribution in [0.3, 0.4) is 0 Å². The number of rotatable bonds is 3. The van der Waals surface area contributed by atoms with Gasteiger partial charge >= 0.3 is 12.2 Å². The molecule has 1 atom stereocenters. The van der Waals surface area contributed by atoms with Crippen LogP contribution in [-0.2, 0) is 6.18 Å². The van der Waals surface area contributed by atoms with Crippen LogP contribution in [0.4, 0.5) is 35.3 Å². The van der Waals surface area contributed by atoms with Gasteiger partial charge in [-0.15, -0.1) is 0 Å². The first-order valence-corrected chi connectivity index (χ1v) is 11.7. The second kappa shape index (κ2) is 9.88. The summed E-state index contributed by atoms with van der Waals surface area (Å²) in [5, 5.41) is 6.11. The smallest absolute Gasteiger partial charge is 0.382 e. The van der Waals surface area contributed by atoms with Gasteiger partial charge in [-0.2, -0.15) is 13.2 Å². The lowest BCUT2D eigenvalue weighted by atomic mass is 10.1. The second-order valence-electron chi connectivity index (χ2n) is 8.66. The van der Waals surface area contributed by atoms with Crippen molar-refractivity contribution in [3.05, 3.63) is 84.7 Å². The zero-order valence-electron chi connectivity index (χ0n) is 19.8. The van der Waals surface area contributed by atoms with Crippen LogP contribution in [0, 0.1) is 0 Å². The summed E-state index contributed by atoms with van der Waals surface area (Å²) >= 11 is 0. The average Bonchev–Trinajstić information content (AvgIpc) is 3.06. The molecule has 2 amide bonds. The molecule has 7 nitrogen and oxygen atoms in total. The third-order valence-electron chi connectivity index (χ3n) is 6.07. The Labute approximate surface area is 211 Å². The van der Waals surface area contributed by atoms with E-state index < -0.39 is 17.8 Å². The maximum absolute atomic E-state index is 13.5. The third-order valence-corrected chi connectivity index (χ3v) is 6.07. The van der Waals surface area contributed by atoms with E-state index in [1.54, 1.807) is 48.8 Å². The van der Waals surface area contributed by atoms with Crippen molar-refractivity contribution >= 4 is 23.4 Å². The van der Waals surface area contributed by atoms with Gasteiger partial charge in [-0.3, -0.25) is 15.2 Å². The van der Waals surface area contributed by atoms with E-state index in [4.69, 9.17) is 0 Å². The SMILES string of the molecule is C[C@@H]1CCNc2ccc(-c3cccc(C(F)(F)F)c3)nc2N1C(=O)Nc1cccc(-c2cccnc2)n1. The fraction of sp³-hybridized carbons (Fsp3) is 0.185. The summed E-state index contributed by atoms with van der Waals surface area (Å²) in [7, 11) is 0. The fourth-order valence-corrected chi connectivity index (χ4v) is 4.18. The molecule has 2 N–H and O–H groups in total. The minimum Gasteiger partial charge on any atom is -0.382 e. The maximum atomic E-state index is 13.5. The molecule has 37 heavy (non-hydrogen) atoms. The number of carbonyl (C=O) groups excluding carboxylic acids is 1. The van der Waals surface area contributed by atoms with Crippen LogP contribution in [-0.4, -0.2) is 33.6 Å². The number of pyridine rings is 3. The summed E-state index contributed by atoms with van der Waals surface area (Å²) in [5.41, 5.74) is 1.95. The van der Waals surface area contributed by atoms with Crippen molar-refractivity contribution in [3.8, 4) is 22.5 Å². The molecule has 3 aromatic heterocycles. The Morgan fingerprint density at radius 2 is 1.78 bits per heavy atom. The number of amides is 2. The van der Waals surface area contributed by atoms with Gasteiger partial charge in [0.2, 0.25) is 0 Å². The van der Waals surface area contributed by atoms with E-state index in [9.17, 15) is 18.0 Å². The van der Waals surface area contributed by atoms with Crippen molar-refractivity contribution in [2.45, 2.75) is 25.6 Å². The monoisotopic (exact) mass is 504 g/mol. The number of hydrogen-bond donors (Lipinski definition) is 2. The molecular weight excluding hydrogens is 481 g/mol. The van der Waals surface area contributed by atoms with Crippen molar-refractivity contribution < 1.29 is 18.0 Å². The predicted octanol–water partition coefficient (Wildman–Crippen LogP) is 6.47. The summed E-state index contributed by atoms with van der Waals surface area (Å²) in [6.07, 6.45) is -0.471. The molecule has 5 rings (SSSR count). The lowest BCUT2D eigenvalue weighted by Gasteiger charge is -2.27. The molecule has 4 heterocycles. The van der Waals surface area contributed by atoms with E-state index in [1.807, 2.05) is 19.1 Å². The molecule has 4 aromatic rings. The third kappa shape index (κ3) is 5.23. The quantitative estimate of drug-likeness (QED) is 0.334. The molecule has 10 heteroatoms. The van der Waals surface area contributed by atoms with Crippen molar-refractivity contribution in [2.75, 3.05) is 22.1 Å². The first-order chi connectivity index (χ1) is 17.8. The van der Waals surface area contributed by atoms with Gasteiger partial charge in [-0.05, 0) is 61.9 Å². The molecule has 0 saturated carbocycles. The molecule has 1 aromatic carbocycles. The summed E-state index contributed by atoms with van der Waals surface area (Å²) < 4.78 is 39.8. The Morgan fingerprint density at radius 3 is 2.57 bits per heavy atom. The van der Waals surface area contributed by atoms with Crippen LogP contribution < -0.4 is 15.5 Å². The molecule has 0 unspecified atom stereocenters. The first-order valence-electron chi connectivity index (χ1n) is 11.7. The van der Waals surface area contributed by atoms with Crippen molar-refractivity contribution in [2.24, 2.45) is 0 Å². The number of anilines is 3. The van der Waals surface area contributed by atoms with E-state index in [-0.39, 0.29) is 6.04 Å². The molecule has 188 valence electrons. The number of alkyl halides is 3. The van der Waals surface area contributed by atoms with E-state index >= 15 is 0 Å². The Hall–Kier alpha value is -4.47. The van der Waals surface area contributed by atoms with Gasteiger partial charge < -0.3 is 5.32 Å².